The van der Waals surface area contributed by atoms with Crippen LogP contribution in [0, 0.1) is 0 Å². The van der Waals surface area contributed by atoms with Gasteiger partial charge in [-0.25, -0.2) is 0 Å². The topological polar surface area (TPSA) is 275 Å². The van der Waals surface area contributed by atoms with E-state index in [1.54, 1.807) is 0 Å². The molecule has 0 aliphatic heterocycles. The second kappa shape index (κ2) is 10.1. The van der Waals surface area contributed by atoms with Gasteiger partial charge in [-0.2, -0.15) is 0 Å². The molecule has 41 heavy (non-hydrogen) atoms. The molecule has 0 heterocycles. The molecule has 0 aliphatic carbocycles. The molecule has 4 aromatic carbocycles. The van der Waals surface area contributed by atoms with Gasteiger partial charge in [0, 0.05) is 6.07 Å². The predicted molar refractivity (Wildman–Crippen MR) is 132 cm³/mol. The molecule has 4 aromatic rings. The molecular weight excluding hydrogens is 552 g/mol. The van der Waals surface area contributed by atoms with Gasteiger partial charge in [0.1, 0.15) is 22.8 Å². The highest BCUT2D eigenvalue weighted by atomic mass is 17.2. The third-order valence-electron chi connectivity index (χ3n) is 5.69. The van der Waals surface area contributed by atoms with Crippen molar-refractivity contribution in [3.63, 3.8) is 0 Å². The van der Waals surface area contributed by atoms with Crippen LogP contribution in [0.25, 0.3) is 0 Å². The van der Waals surface area contributed by atoms with Crippen molar-refractivity contribution >= 4 is 11.6 Å². The molecule has 0 amide bonds. The molecule has 0 unspecified atom stereocenters. The zero-order valence-corrected chi connectivity index (χ0v) is 20.1. The standard InChI is InChI=1S/C26H18O15/c27-8-1-3-13(29)11(5-8)17(32)10-2-4-14(30)26(19(10)34)41-40-25-12(6-9(28)7-15(25)31)18(33)16-20(35)22(37)24(39)23(38)21(16)36/h1-7,27-31,34-39H. The van der Waals surface area contributed by atoms with Crippen molar-refractivity contribution in [2.45, 2.75) is 0 Å². The summed E-state index contributed by atoms with van der Waals surface area (Å²) in [5, 5.41) is 110. The molecule has 0 saturated heterocycles. The highest BCUT2D eigenvalue weighted by Gasteiger charge is 2.32. The summed E-state index contributed by atoms with van der Waals surface area (Å²) in [5.41, 5.74) is -3.12. The minimum atomic E-state index is -1.52. The molecule has 0 bridgehead atoms. The number of hydrogen-bond donors (Lipinski definition) is 11. The number of hydrogen-bond acceptors (Lipinski definition) is 15. The number of aromatic hydroxyl groups is 11. The van der Waals surface area contributed by atoms with Crippen LogP contribution in [0.15, 0.2) is 42.5 Å². The molecule has 0 atom stereocenters. The smallest absolute Gasteiger partial charge is 0.262 e. The summed E-state index contributed by atoms with van der Waals surface area (Å²) >= 11 is 0. The summed E-state index contributed by atoms with van der Waals surface area (Å²) in [7, 11) is 0. The summed E-state index contributed by atoms with van der Waals surface area (Å²) < 4.78 is 0. The van der Waals surface area contributed by atoms with Crippen molar-refractivity contribution in [1.29, 1.82) is 0 Å². The quantitative estimate of drug-likeness (QED) is 0.0500. The van der Waals surface area contributed by atoms with Crippen LogP contribution in [-0.4, -0.2) is 67.7 Å². The SMILES string of the molecule is O=C(c1cc(O)ccc1O)c1ccc(O)c(OOc2c(O)cc(O)cc2C(=O)c2c(O)c(O)c(O)c(O)c2O)c1O. The predicted octanol–water partition coefficient (Wildman–Crippen LogP) is 2.28. The van der Waals surface area contributed by atoms with Crippen molar-refractivity contribution in [1.82, 2.24) is 0 Å². The van der Waals surface area contributed by atoms with E-state index < -0.39 is 109 Å². The van der Waals surface area contributed by atoms with Gasteiger partial charge >= 0.3 is 0 Å². The van der Waals surface area contributed by atoms with Crippen molar-refractivity contribution in [2.24, 2.45) is 0 Å². The number of phenolic OH excluding ortho intramolecular Hbond substituents is 11. The zero-order chi connectivity index (χ0) is 30.3. The van der Waals surface area contributed by atoms with Crippen molar-refractivity contribution in [3.05, 3.63) is 64.7 Å². The van der Waals surface area contributed by atoms with Crippen molar-refractivity contribution in [2.75, 3.05) is 0 Å². The van der Waals surface area contributed by atoms with Crippen LogP contribution in [0.4, 0.5) is 0 Å². The molecule has 0 aliphatic rings. The van der Waals surface area contributed by atoms with E-state index in [1.807, 2.05) is 0 Å². The number of phenols is 11. The van der Waals surface area contributed by atoms with Gasteiger partial charge in [0.15, 0.2) is 28.7 Å². The molecule has 0 radical (unpaired) electrons. The molecule has 15 heteroatoms. The summed E-state index contributed by atoms with van der Waals surface area (Å²) in [6.07, 6.45) is 0. The van der Waals surface area contributed by atoms with Crippen LogP contribution < -0.4 is 9.78 Å². The lowest BCUT2D eigenvalue weighted by Gasteiger charge is -2.16. The normalized spacial score (nSPS) is 10.7. The van der Waals surface area contributed by atoms with Gasteiger partial charge in [-0.05, 0) is 36.4 Å². The molecule has 0 aromatic heterocycles. The van der Waals surface area contributed by atoms with E-state index in [2.05, 4.69) is 0 Å². The third-order valence-corrected chi connectivity index (χ3v) is 5.69. The lowest BCUT2D eigenvalue weighted by Crippen LogP contribution is -2.10. The Labute approximate surface area is 227 Å². The average molecular weight is 570 g/mol. The second-order valence-electron chi connectivity index (χ2n) is 8.30. The maximum Gasteiger partial charge on any atom is 0.262 e. The second-order valence-corrected chi connectivity index (χ2v) is 8.30. The summed E-state index contributed by atoms with van der Waals surface area (Å²) in [4.78, 5) is 35.9. The minimum Gasteiger partial charge on any atom is -0.508 e. The van der Waals surface area contributed by atoms with E-state index in [0.717, 1.165) is 30.3 Å². The summed E-state index contributed by atoms with van der Waals surface area (Å²) in [6.45, 7) is 0. The number of rotatable bonds is 7. The van der Waals surface area contributed by atoms with Crippen LogP contribution in [0.1, 0.15) is 31.8 Å². The fourth-order valence-electron chi connectivity index (χ4n) is 3.65. The largest absolute Gasteiger partial charge is 0.508 e. The lowest BCUT2D eigenvalue weighted by molar-refractivity contribution is -0.105. The number of carbonyl (C=O) groups is 2. The molecule has 0 saturated carbocycles. The Hall–Kier alpha value is -6.38. The van der Waals surface area contributed by atoms with Gasteiger partial charge in [-0.15, -0.1) is 0 Å². The highest BCUT2D eigenvalue weighted by Crippen LogP contribution is 2.52. The first-order chi connectivity index (χ1) is 19.2. The third kappa shape index (κ3) is 4.69. The van der Waals surface area contributed by atoms with Gasteiger partial charge < -0.3 is 56.2 Å². The minimum absolute atomic E-state index is 0.392. The first-order valence-corrected chi connectivity index (χ1v) is 11.0. The Morgan fingerprint density at radius 3 is 1.61 bits per heavy atom. The number of ketones is 2. The number of carbonyl (C=O) groups excluding carboxylic acids is 2. The van der Waals surface area contributed by atoms with Crippen LogP contribution >= 0.6 is 0 Å². The monoisotopic (exact) mass is 570 g/mol. The molecule has 4 rings (SSSR count). The van der Waals surface area contributed by atoms with Gasteiger partial charge in [0.05, 0.1) is 16.7 Å². The van der Waals surface area contributed by atoms with E-state index in [9.17, 15) is 65.8 Å². The summed E-state index contributed by atoms with van der Waals surface area (Å²) in [6, 6.07) is 6.08. The Bertz CT molecular complexity index is 1710. The Morgan fingerprint density at radius 1 is 0.439 bits per heavy atom. The fourth-order valence-corrected chi connectivity index (χ4v) is 3.65. The first-order valence-electron chi connectivity index (χ1n) is 11.0. The van der Waals surface area contributed by atoms with Gasteiger partial charge in [0.25, 0.3) is 5.75 Å². The van der Waals surface area contributed by atoms with E-state index >= 15 is 0 Å². The van der Waals surface area contributed by atoms with Crippen LogP contribution in [0.2, 0.25) is 0 Å². The van der Waals surface area contributed by atoms with E-state index in [-0.39, 0.29) is 0 Å². The highest BCUT2D eigenvalue weighted by molar-refractivity contribution is 6.16. The zero-order valence-electron chi connectivity index (χ0n) is 20.1. The molecule has 0 fully saturated rings. The average Bonchev–Trinajstić information content (AvgIpc) is 2.92. The van der Waals surface area contributed by atoms with Crippen LogP contribution in [0.3, 0.4) is 0 Å². The molecule has 212 valence electrons. The van der Waals surface area contributed by atoms with Crippen LogP contribution in [-0.2, 0) is 0 Å². The first kappa shape index (κ1) is 27.6. The van der Waals surface area contributed by atoms with Gasteiger partial charge in [0.2, 0.25) is 34.6 Å². The molecule has 0 spiro atoms. The summed E-state index contributed by atoms with van der Waals surface area (Å²) in [5.74, 6) is -16.1. The molecular formula is C26H18O15. The molecule has 11 N–H and O–H groups in total. The number of benzene rings is 4. The van der Waals surface area contributed by atoms with E-state index in [0.29, 0.717) is 12.1 Å². The fraction of sp³-hybridized carbons (Fsp3) is 0. The Morgan fingerprint density at radius 2 is 0.976 bits per heavy atom. The van der Waals surface area contributed by atoms with Crippen molar-refractivity contribution < 1.29 is 75.5 Å². The molecule has 15 nitrogen and oxygen atoms in total. The van der Waals surface area contributed by atoms with Crippen LogP contribution in [0.5, 0.6) is 74.7 Å². The lowest BCUT2D eigenvalue weighted by atomic mass is 9.98. The maximum absolute atomic E-state index is 13.2. The van der Waals surface area contributed by atoms with Crippen molar-refractivity contribution in [3.8, 4) is 74.7 Å². The van der Waals surface area contributed by atoms with Gasteiger partial charge in [-0.1, -0.05) is 0 Å². The Kier molecular flexibility index (Phi) is 6.79. The van der Waals surface area contributed by atoms with E-state index in [1.165, 1.54) is 0 Å². The Balaban J connectivity index is 1.76. The van der Waals surface area contributed by atoms with E-state index in [4.69, 9.17) is 9.78 Å². The maximum atomic E-state index is 13.2. The van der Waals surface area contributed by atoms with Gasteiger partial charge in [-0.3, -0.25) is 19.4 Å².